The average molecular weight is 330 g/mol. The third-order valence-corrected chi connectivity index (χ3v) is 4.03. The molecule has 1 amide bonds. The number of hydrogen-bond acceptors (Lipinski definition) is 6. The molecule has 1 rings (SSSR count). The lowest BCUT2D eigenvalue weighted by Crippen LogP contribution is -2.46. The van der Waals surface area contributed by atoms with E-state index < -0.39 is 46.9 Å². The fraction of sp³-hybridized carbons (Fsp3) is 0.800. The van der Waals surface area contributed by atoms with Gasteiger partial charge in [0.1, 0.15) is 6.04 Å². The summed E-state index contributed by atoms with van der Waals surface area (Å²) in [7, 11) is 0. The van der Waals surface area contributed by atoms with Crippen molar-refractivity contribution < 1.29 is 29.4 Å². The number of nitrogens with zero attached hydrogens (tertiary/aromatic N) is 1. The van der Waals surface area contributed by atoms with Crippen LogP contribution in [0.2, 0.25) is 0 Å². The molecule has 0 bridgehead atoms. The summed E-state index contributed by atoms with van der Waals surface area (Å²) >= 11 is 0. The highest BCUT2D eigenvalue weighted by atomic mass is 16.7. The molecule has 1 saturated heterocycles. The molecule has 0 spiro atoms. The molecule has 132 valence electrons. The summed E-state index contributed by atoms with van der Waals surface area (Å²) in [5.41, 5.74) is 4.01. The molecule has 1 heterocycles. The molecule has 23 heavy (non-hydrogen) atoms. The van der Waals surface area contributed by atoms with Crippen LogP contribution in [0.3, 0.4) is 0 Å². The number of aliphatic carboxylic acids is 1. The van der Waals surface area contributed by atoms with Gasteiger partial charge in [-0.2, -0.15) is 0 Å². The third kappa shape index (κ3) is 4.42. The van der Waals surface area contributed by atoms with Gasteiger partial charge in [0.2, 0.25) is 0 Å². The molecule has 3 unspecified atom stereocenters. The highest BCUT2D eigenvalue weighted by Crippen LogP contribution is 2.37. The third-order valence-electron chi connectivity index (χ3n) is 4.03. The summed E-state index contributed by atoms with van der Waals surface area (Å²) in [5, 5.41) is 20.0. The van der Waals surface area contributed by atoms with Crippen molar-refractivity contribution in [2.45, 2.75) is 59.7 Å². The predicted octanol–water partition coefficient (Wildman–Crippen LogP) is 0.486. The molecule has 0 aliphatic carbocycles. The van der Waals surface area contributed by atoms with E-state index in [-0.39, 0.29) is 12.8 Å². The molecule has 0 saturated carbocycles. The Kier molecular flexibility index (Phi) is 5.43. The second kappa shape index (κ2) is 6.45. The minimum Gasteiger partial charge on any atom is -0.480 e. The van der Waals surface area contributed by atoms with Crippen molar-refractivity contribution in [3.63, 3.8) is 0 Å². The van der Waals surface area contributed by atoms with Crippen LogP contribution in [0, 0.1) is 16.7 Å². The van der Waals surface area contributed by atoms with Crippen molar-refractivity contribution in [3.05, 3.63) is 0 Å². The van der Waals surface area contributed by atoms with Crippen molar-refractivity contribution in [1.82, 2.24) is 5.06 Å². The first kappa shape index (κ1) is 19.4. The van der Waals surface area contributed by atoms with Crippen LogP contribution in [-0.2, 0) is 19.2 Å². The van der Waals surface area contributed by atoms with E-state index in [0.29, 0.717) is 5.06 Å². The number of rotatable bonds is 5. The molecule has 4 N–H and O–H groups in total. The first-order chi connectivity index (χ1) is 10.3. The molecule has 1 fully saturated rings. The van der Waals surface area contributed by atoms with Gasteiger partial charge in [-0.1, -0.05) is 13.8 Å². The van der Waals surface area contributed by atoms with E-state index in [9.17, 15) is 19.5 Å². The minimum atomic E-state index is -1.31. The molecule has 0 aromatic heterocycles. The maximum absolute atomic E-state index is 12.0. The maximum Gasteiger partial charge on any atom is 0.337 e. The number of hydrogen-bond donors (Lipinski definition) is 3. The van der Waals surface area contributed by atoms with E-state index in [4.69, 9.17) is 15.7 Å². The molecular weight excluding hydrogens is 304 g/mol. The number of carbonyl (C=O) groups excluding carboxylic acids is 2. The van der Waals surface area contributed by atoms with Crippen LogP contribution >= 0.6 is 0 Å². The number of hydroxylamine groups is 2. The highest BCUT2D eigenvalue weighted by Gasteiger charge is 2.46. The van der Waals surface area contributed by atoms with Crippen molar-refractivity contribution in [2.24, 2.45) is 22.5 Å². The normalized spacial score (nSPS) is 23.8. The molecule has 0 aromatic carbocycles. The van der Waals surface area contributed by atoms with Crippen molar-refractivity contribution in [3.8, 4) is 0 Å². The Labute approximate surface area is 135 Å². The van der Waals surface area contributed by atoms with Crippen LogP contribution in [0.5, 0.6) is 0 Å². The quantitative estimate of drug-likeness (QED) is 0.668. The fourth-order valence-corrected chi connectivity index (χ4v) is 2.40. The Bertz CT molecular complexity index is 497. The second-order valence-corrected chi connectivity index (χ2v) is 7.73. The molecule has 3 atom stereocenters. The Hall–Kier alpha value is -1.67. The topological polar surface area (TPSA) is 130 Å². The zero-order valence-electron chi connectivity index (χ0n) is 14.2. The van der Waals surface area contributed by atoms with E-state index >= 15 is 0 Å². The Morgan fingerprint density at radius 1 is 1.35 bits per heavy atom. The fourth-order valence-electron chi connectivity index (χ4n) is 2.40. The smallest absolute Gasteiger partial charge is 0.337 e. The van der Waals surface area contributed by atoms with E-state index in [0.717, 1.165) is 0 Å². The van der Waals surface area contributed by atoms with Gasteiger partial charge >= 0.3 is 11.9 Å². The first-order valence-electron chi connectivity index (χ1n) is 7.48. The van der Waals surface area contributed by atoms with Crippen molar-refractivity contribution in [1.29, 1.82) is 0 Å². The largest absolute Gasteiger partial charge is 0.480 e. The van der Waals surface area contributed by atoms with Crippen LogP contribution in [0.25, 0.3) is 0 Å². The summed E-state index contributed by atoms with van der Waals surface area (Å²) in [4.78, 5) is 39.9. The Morgan fingerprint density at radius 2 is 1.87 bits per heavy atom. The van der Waals surface area contributed by atoms with Gasteiger partial charge in [0.05, 0.1) is 5.41 Å². The summed E-state index contributed by atoms with van der Waals surface area (Å²) in [5.74, 6) is -2.85. The number of carboxylic acids is 1. The van der Waals surface area contributed by atoms with Gasteiger partial charge < -0.3 is 20.8 Å². The monoisotopic (exact) mass is 330 g/mol. The van der Waals surface area contributed by atoms with Crippen LogP contribution in [0.4, 0.5) is 0 Å². The molecule has 1 aliphatic rings. The lowest BCUT2D eigenvalue weighted by molar-refractivity contribution is -0.231. The SMILES string of the molecule is CC(C)(C)C(=O)ON1C(=O)CC(CC(C)(C)C(N)C(=O)O)C1O. The summed E-state index contributed by atoms with van der Waals surface area (Å²) in [6.45, 7) is 8.22. The van der Waals surface area contributed by atoms with Crippen LogP contribution in [0.15, 0.2) is 0 Å². The summed E-state index contributed by atoms with van der Waals surface area (Å²) in [6.07, 6.45) is -1.14. The van der Waals surface area contributed by atoms with E-state index in [1.54, 1.807) is 34.6 Å². The van der Waals surface area contributed by atoms with Gasteiger partial charge in [0.25, 0.3) is 5.91 Å². The number of nitrogens with two attached hydrogens (primary N) is 1. The number of aliphatic hydroxyl groups is 1. The summed E-state index contributed by atoms with van der Waals surface area (Å²) < 4.78 is 0. The lowest BCUT2D eigenvalue weighted by Gasteiger charge is -2.32. The number of carboxylic acid groups (broad SMARTS) is 1. The van der Waals surface area contributed by atoms with Crippen LogP contribution in [0.1, 0.15) is 47.5 Å². The number of amides is 1. The molecule has 8 nitrogen and oxygen atoms in total. The molecule has 0 aromatic rings. The number of aliphatic hydroxyl groups excluding tert-OH is 1. The van der Waals surface area contributed by atoms with Crippen LogP contribution < -0.4 is 5.73 Å². The molecule has 8 heteroatoms. The van der Waals surface area contributed by atoms with Gasteiger partial charge in [-0.25, -0.2) is 4.79 Å². The van der Waals surface area contributed by atoms with Crippen molar-refractivity contribution >= 4 is 17.8 Å². The maximum atomic E-state index is 12.0. The highest BCUT2D eigenvalue weighted by molar-refractivity contribution is 5.82. The van der Waals surface area contributed by atoms with Gasteiger partial charge in [-0.3, -0.25) is 9.59 Å². The lowest BCUT2D eigenvalue weighted by atomic mass is 9.76. The van der Waals surface area contributed by atoms with Gasteiger partial charge in [-0.05, 0) is 32.6 Å². The Balaban J connectivity index is 2.81. The molecule has 0 radical (unpaired) electrons. The van der Waals surface area contributed by atoms with E-state index in [1.807, 2.05) is 0 Å². The van der Waals surface area contributed by atoms with Gasteiger partial charge in [0.15, 0.2) is 6.23 Å². The molecule has 1 aliphatic heterocycles. The Morgan fingerprint density at radius 3 is 2.30 bits per heavy atom. The minimum absolute atomic E-state index is 0.0334. The molecular formula is C15H26N2O6. The summed E-state index contributed by atoms with van der Waals surface area (Å²) in [6, 6.07) is -1.13. The zero-order valence-corrected chi connectivity index (χ0v) is 14.2. The first-order valence-corrected chi connectivity index (χ1v) is 7.48. The van der Waals surface area contributed by atoms with Crippen LogP contribution in [-0.4, -0.2) is 45.4 Å². The van der Waals surface area contributed by atoms with Crippen molar-refractivity contribution in [2.75, 3.05) is 0 Å². The zero-order chi connectivity index (χ0) is 18.2. The second-order valence-electron chi connectivity index (χ2n) is 7.73. The standard InChI is InChI=1S/C15H26N2O6/c1-14(2,3)13(22)23-17-9(18)6-8(11(17)19)7-15(4,5)10(16)12(20)21/h8,10-11,19H,6-7,16H2,1-5H3,(H,20,21). The van der Waals surface area contributed by atoms with E-state index in [2.05, 4.69) is 0 Å². The number of carbonyl (C=O) groups is 3. The van der Waals surface area contributed by atoms with Gasteiger partial charge in [-0.15, -0.1) is 5.06 Å². The average Bonchev–Trinajstić information content (AvgIpc) is 2.63. The van der Waals surface area contributed by atoms with E-state index in [1.165, 1.54) is 0 Å². The van der Waals surface area contributed by atoms with Gasteiger partial charge in [0, 0.05) is 12.3 Å². The predicted molar refractivity (Wildman–Crippen MR) is 80.5 cm³/mol.